The fraction of sp³-hybridized carbons (Fsp3) is 0.154. The molecule has 12 nitrogen and oxygen atoms in total. The van der Waals surface area contributed by atoms with Crippen LogP contribution in [0.2, 0.25) is 5.02 Å². The Morgan fingerprint density at radius 1 is 1.05 bits per heavy atom. The molecule has 0 aliphatic heterocycles. The molecule has 0 saturated carbocycles. The van der Waals surface area contributed by atoms with Gasteiger partial charge in [-0.25, -0.2) is 9.78 Å². The molecule has 3 aromatic heterocycles. The third-order valence-electron chi connectivity index (χ3n) is 5.84. The van der Waals surface area contributed by atoms with E-state index in [4.69, 9.17) is 21.6 Å². The summed E-state index contributed by atoms with van der Waals surface area (Å²) in [6, 6.07) is 18.4. The summed E-state index contributed by atoms with van der Waals surface area (Å²) in [6.07, 6.45) is 2.72. The Morgan fingerprint density at radius 3 is 2.51 bits per heavy atom. The van der Waals surface area contributed by atoms with Crippen molar-refractivity contribution in [2.45, 2.75) is 26.1 Å². The van der Waals surface area contributed by atoms with Crippen molar-refractivity contribution in [3.8, 4) is 29.0 Å². The zero-order valence-electron chi connectivity index (χ0n) is 20.5. The maximum Gasteiger partial charge on any atom is 0.331 e. The Morgan fingerprint density at radius 2 is 1.82 bits per heavy atom. The molecular formula is C26H20ClN9O3. The predicted molar refractivity (Wildman–Crippen MR) is 140 cm³/mol. The second kappa shape index (κ2) is 11.1. The van der Waals surface area contributed by atoms with Gasteiger partial charge in [-0.3, -0.25) is 13.9 Å². The van der Waals surface area contributed by atoms with Crippen LogP contribution in [0.25, 0.3) is 11.3 Å². The molecule has 13 heteroatoms. The minimum Gasteiger partial charge on any atom is -0.439 e. The zero-order valence-corrected chi connectivity index (χ0v) is 21.3. The van der Waals surface area contributed by atoms with Crippen molar-refractivity contribution in [1.29, 1.82) is 5.26 Å². The molecule has 3 heterocycles. The van der Waals surface area contributed by atoms with E-state index in [1.54, 1.807) is 43.3 Å². The predicted octanol–water partition coefficient (Wildman–Crippen LogP) is 3.08. The van der Waals surface area contributed by atoms with Gasteiger partial charge in [0.05, 0.1) is 24.8 Å². The number of nitriles is 1. The number of aromatic nitrogens is 8. The molecule has 0 N–H and O–H groups in total. The largest absolute Gasteiger partial charge is 0.439 e. The van der Waals surface area contributed by atoms with Crippen LogP contribution < -0.4 is 16.0 Å². The van der Waals surface area contributed by atoms with E-state index < -0.39 is 11.2 Å². The maximum absolute atomic E-state index is 13.7. The fourth-order valence-corrected chi connectivity index (χ4v) is 4.06. The van der Waals surface area contributed by atoms with E-state index in [0.717, 1.165) is 10.1 Å². The van der Waals surface area contributed by atoms with Gasteiger partial charge in [0.2, 0.25) is 11.7 Å². The SMILES string of the molecule is CC(Cn1c(=O)cc(-c2ccc(Oc3ccnc(C#N)n3)cc2)n(Cc2ccc(Cl)cc2)c1=O)n1ncnn1. The molecule has 0 radical (unpaired) electrons. The highest BCUT2D eigenvalue weighted by atomic mass is 35.5. The third kappa shape index (κ3) is 5.73. The molecule has 0 spiro atoms. The van der Waals surface area contributed by atoms with Gasteiger partial charge in [0.15, 0.2) is 6.33 Å². The van der Waals surface area contributed by atoms with Gasteiger partial charge >= 0.3 is 5.69 Å². The van der Waals surface area contributed by atoms with Crippen molar-refractivity contribution in [2.24, 2.45) is 0 Å². The Kier molecular flexibility index (Phi) is 7.24. The molecule has 0 fully saturated rings. The first-order valence-corrected chi connectivity index (χ1v) is 12.1. The third-order valence-corrected chi connectivity index (χ3v) is 6.09. The van der Waals surface area contributed by atoms with Crippen LogP contribution in [-0.2, 0) is 13.1 Å². The van der Waals surface area contributed by atoms with Gasteiger partial charge in [0, 0.05) is 23.4 Å². The normalized spacial score (nSPS) is 11.6. The average Bonchev–Trinajstić information content (AvgIpc) is 3.49. The van der Waals surface area contributed by atoms with Crippen molar-refractivity contribution in [3.05, 3.63) is 110 Å². The monoisotopic (exact) mass is 541 g/mol. The van der Waals surface area contributed by atoms with E-state index in [2.05, 4.69) is 25.4 Å². The molecule has 0 saturated heterocycles. The van der Waals surface area contributed by atoms with E-state index in [1.165, 1.54) is 34.0 Å². The Bertz CT molecular complexity index is 1760. The molecular weight excluding hydrogens is 522 g/mol. The lowest BCUT2D eigenvalue weighted by atomic mass is 10.1. The summed E-state index contributed by atoms with van der Waals surface area (Å²) in [5.41, 5.74) is 0.951. The number of hydrogen-bond donors (Lipinski definition) is 0. The molecule has 1 atom stereocenters. The first kappa shape index (κ1) is 25.5. The van der Waals surface area contributed by atoms with Crippen molar-refractivity contribution in [2.75, 3.05) is 0 Å². The minimum atomic E-state index is -0.482. The Balaban J connectivity index is 1.52. The van der Waals surface area contributed by atoms with Crippen molar-refractivity contribution < 1.29 is 4.74 Å². The zero-order chi connectivity index (χ0) is 27.4. The summed E-state index contributed by atoms with van der Waals surface area (Å²) in [5, 5.41) is 21.1. The Hall–Kier alpha value is -5.15. The highest BCUT2D eigenvalue weighted by molar-refractivity contribution is 6.30. The number of benzene rings is 2. The molecule has 5 rings (SSSR count). The van der Waals surface area contributed by atoms with Crippen molar-refractivity contribution in [1.82, 2.24) is 39.3 Å². The van der Waals surface area contributed by atoms with Crippen LogP contribution in [0.1, 0.15) is 24.4 Å². The minimum absolute atomic E-state index is 0.00943. The van der Waals surface area contributed by atoms with Crippen LogP contribution in [0.3, 0.4) is 0 Å². The number of halogens is 1. The summed E-state index contributed by atoms with van der Waals surface area (Å²) >= 11 is 6.05. The smallest absolute Gasteiger partial charge is 0.331 e. The van der Waals surface area contributed by atoms with E-state index in [0.29, 0.717) is 22.0 Å². The summed E-state index contributed by atoms with van der Waals surface area (Å²) in [5.74, 6) is 0.660. The highest BCUT2D eigenvalue weighted by Gasteiger charge is 2.17. The lowest BCUT2D eigenvalue weighted by Gasteiger charge is -2.18. The molecule has 194 valence electrons. The molecule has 1 unspecified atom stereocenters. The van der Waals surface area contributed by atoms with E-state index in [9.17, 15) is 9.59 Å². The molecule has 5 aromatic rings. The fourth-order valence-electron chi connectivity index (χ4n) is 3.93. The quantitative estimate of drug-likeness (QED) is 0.289. The van der Waals surface area contributed by atoms with E-state index in [-0.39, 0.29) is 30.8 Å². The molecule has 0 aliphatic carbocycles. The summed E-state index contributed by atoms with van der Waals surface area (Å²) < 4.78 is 8.42. The van der Waals surface area contributed by atoms with Crippen LogP contribution in [0.4, 0.5) is 0 Å². The van der Waals surface area contributed by atoms with Crippen molar-refractivity contribution >= 4 is 11.6 Å². The van der Waals surface area contributed by atoms with Crippen LogP contribution in [0.15, 0.2) is 82.8 Å². The van der Waals surface area contributed by atoms with Crippen LogP contribution >= 0.6 is 11.6 Å². The topological polar surface area (TPSA) is 146 Å². The van der Waals surface area contributed by atoms with Gasteiger partial charge in [-0.15, -0.1) is 10.2 Å². The number of hydrogen-bond acceptors (Lipinski definition) is 9. The van der Waals surface area contributed by atoms with Crippen LogP contribution in [0, 0.1) is 11.3 Å². The summed E-state index contributed by atoms with van der Waals surface area (Å²) in [7, 11) is 0. The maximum atomic E-state index is 13.7. The van der Waals surface area contributed by atoms with Crippen molar-refractivity contribution in [3.63, 3.8) is 0 Å². The van der Waals surface area contributed by atoms with Gasteiger partial charge in [-0.2, -0.15) is 15.0 Å². The second-order valence-electron chi connectivity index (χ2n) is 8.54. The number of ether oxygens (including phenoxy) is 1. The second-order valence-corrected chi connectivity index (χ2v) is 8.97. The van der Waals surface area contributed by atoms with Gasteiger partial charge in [-0.1, -0.05) is 23.7 Å². The average molecular weight is 542 g/mol. The molecule has 0 amide bonds. The molecule has 2 aromatic carbocycles. The van der Waals surface area contributed by atoms with Crippen LogP contribution in [-0.4, -0.2) is 39.3 Å². The number of nitrogens with zero attached hydrogens (tertiary/aromatic N) is 9. The number of tetrazole rings is 1. The molecule has 0 aliphatic rings. The lowest BCUT2D eigenvalue weighted by molar-refractivity contribution is 0.362. The highest BCUT2D eigenvalue weighted by Crippen LogP contribution is 2.25. The molecule has 39 heavy (non-hydrogen) atoms. The van der Waals surface area contributed by atoms with Gasteiger partial charge in [0.1, 0.15) is 11.8 Å². The van der Waals surface area contributed by atoms with E-state index >= 15 is 0 Å². The summed E-state index contributed by atoms with van der Waals surface area (Å²) in [6.45, 7) is 2.06. The standard InChI is InChI=1S/C26H20ClN9O3/c1-17(36-31-16-30-33-36)14-35-25(37)12-22(34(26(35)38)15-18-2-6-20(27)7-3-18)19-4-8-21(9-5-19)39-24-10-11-29-23(13-28)32-24/h2-12,16-17H,14-15H2,1H3. The van der Waals surface area contributed by atoms with Gasteiger partial charge < -0.3 is 4.74 Å². The first-order valence-electron chi connectivity index (χ1n) is 11.7. The van der Waals surface area contributed by atoms with Crippen LogP contribution in [0.5, 0.6) is 11.6 Å². The van der Waals surface area contributed by atoms with Gasteiger partial charge in [0.25, 0.3) is 5.56 Å². The molecule has 0 bridgehead atoms. The number of rotatable bonds is 8. The lowest BCUT2D eigenvalue weighted by Crippen LogP contribution is -2.42. The summed E-state index contributed by atoms with van der Waals surface area (Å²) in [4.78, 5) is 36.0. The van der Waals surface area contributed by atoms with E-state index in [1.807, 2.05) is 18.2 Å². The first-order chi connectivity index (χ1) is 18.9. The van der Waals surface area contributed by atoms with Gasteiger partial charge in [-0.05, 0) is 59.7 Å². The Labute approximate surface area is 226 Å².